The van der Waals surface area contributed by atoms with E-state index in [0.717, 1.165) is 32.1 Å². The molecule has 4 fully saturated rings. The summed E-state index contributed by atoms with van der Waals surface area (Å²) in [4.78, 5) is 22.7. The summed E-state index contributed by atoms with van der Waals surface area (Å²) in [7, 11) is 0. The number of carbonyl (C=O) groups is 2. The standard InChI is InChI=1S/C15H20O4/c1-2-13(18)19-15-6-10-3-11(7-15)5-14(4-10,9-15)8-12(16)17/h2,10-11H,1,3-9H2,(H,16,17). The highest BCUT2D eigenvalue weighted by molar-refractivity contribution is 5.81. The van der Waals surface area contributed by atoms with E-state index < -0.39 is 11.6 Å². The Kier molecular flexibility index (Phi) is 2.73. The first-order valence-corrected chi connectivity index (χ1v) is 7.01. The Balaban J connectivity index is 1.86. The highest BCUT2D eigenvalue weighted by Gasteiger charge is 2.59. The van der Waals surface area contributed by atoms with Crippen LogP contribution in [0.1, 0.15) is 44.9 Å². The molecular formula is C15H20O4. The first-order valence-electron chi connectivity index (χ1n) is 7.01. The van der Waals surface area contributed by atoms with Gasteiger partial charge in [0, 0.05) is 6.08 Å². The van der Waals surface area contributed by atoms with Crippen molar-refractivity contribution in [1.29, 1.82) is 0 Å². The number of aliphatic carboxylic acids is 1. The molecule has 4 rings (SSSR count). The summed E-state index contributed by atoms with van der Waals surface area (Å²) < 4.78 is 5.66. The summed E-state index contributed by atoms with van der Waals surface area (Å²) in [5, 5.41) is 9.16. The summed E-state index contributed by atoms with van der Waals surface area (Å²) in [5.74, 6) is -0.0454. The summed E-state index contributed by atoms with van der Waals surface area (Å²) in [6, 6.07) is 0. The van der Waals surface area contributed by atoms with Crippen LogP contribution in [0.5, 0.6) is 0 Å². The van der Waals surface area contributed by atoms with Crippen molar-refractivity contribution in [1.82, 2.24) is 0 Å². The van der Waals surface area contributed by atoms with Gasteiger partial charge in [-0.3, -0.25) is 4.79 Å². The van der Waals surface area contributed by atoms with Gasteiger partial charge in [0.25, 0.3) is 0 Å². The predicted octanol–water partition coefficient (Wildman–Crippen LogP) is 2.53. The second-order valence-corrected chi connectivity index (χ2v) is 6.84. The second-order valence-electron chi connectivity index (χ2n) is 6.84. The van der Waals surface area contributed by atoms with Gasteiger partial charge in [0.05, 0.1) is 6.42 Å². The van der Waals surface area contributed by atoms with Crippen molar-refractivity contribution in [2.45, 2.75) is 50.5 Å². The van der Waals surface area contributed by atoms with Crippen LogP contribution >= 0.6 is 0 Å². The topological polar surface area (TPSA) is 63.6 Å². The highest BCUT2D eigenvalue weighted by Crippen LogP contribution is 2.63. The monoisotopic (exact) mass is 264 g/mol. The Labute approximate surface area is 112 Å². The molecule has 0 spiro atoms. The Morgan fingerprint density at radius 1 is 1.26 bits per heavy atom. The van der Waals surface area contributed by atoms with Crippen molar-refractivity contribution in [2.75, 3.05) is 0 Å². The molecule has 1 N–H and O–H groups in total. The van der Waals surface area contributed by atoms with Gasteiger partial charge in [0.2, 0.25) is 0 Å². The lowest BCUT2D eigenvalue weighted by molar-refractivity contribution is -0.199. The molecular weight excluding hydrogens is 244 g/mol. The van der Waals surface area contributed by atoms with Gasteiger partial charge in [-0.25, -0.2) is 4.79 Å². The highest BCUT2D eigenvalue weighted by atomic mass is 16.6. The predicted molar refractivity (Wildman–Crippen MR) is 68.4 cm³/mol. The van der Waals surface area contributed by atoms with E-state index in [1.54, 1.807) is 0 Å². The van der Waals surface area contributed by atoms with E-state index in [1.165, 1.54) is 12.5 Å². The molecule has 0 aliphatic heterocycles. The molecule has 0 amide bonds. The lowest BCUT2D eigenvalue weighted by Crippen LogP contribution is -2.57. The van der Waals surface area contributed by atoms with E-state index >= 15 is 0 Å². The van der Waals surface area contributed by atoms with Crippen LogP contribution in [0, 0.1) is 17.3 Å². The van der Waals surface area contributed by atoms with Gasteiger partial charge >= 0.3 is 11.9 Å². The zero-order chi connectivity index (χ0) is 13.7. The van der Waals surface area contributed by atoms with Crippen LogP contribution in [0.25, 0.3) is 0 Å². The zero-order valence-electron chi connectivity index (χ0n) is 11.1. The number of ether oxygens (including phenoxy) is 1. The molecule has 4 saturated carbocycles. The minimum atomic E-state index is -0.729. The first-order chi connectivity index (χ1) is 8.94. The van der Waals surface area contributed by atoms with E-state index in [9.17, 15) is 9.59 Å². The van der Waals surface area contributed by atoms with Gasteiger partial charge in [-0.2, -0.15) is 0 Å². The van der Waals surface area contributed by atoms with Crippen LogP contribution in [0.15, 0.2) is 12.7 Å². The molecule has 4 heteroatoms. The van der Waals surface area contributed by atoms with E-state index in [0.29, 0.717) is 11.8 Å². The van der Waals surface area contributed by atoms with E-state index in [4.69, 9.17) is 9.84 Å². The fraction of sp³-hybridized carbons (Fsp3) is 0.733. The maximum Gasteiger partial charge on any atom is 0.330 e. The van der Waals surface area contributed by atoms with Crippen LogP contribution in [-0.4, -0.2) is 22.6 Å². The zero-order valence-corrected chi connectivity index (χ0v) is 11.1. The molecule has 4 aliphatic rings. The fourth-order valence-corrected chi connectivity index (χ4v) is 5.27. The number of rotatable bonds is 4. The summed E-state index contributed by atoms with van der Waals surface area (Å²) in [5.41, 5.74) is -0.553. The maximum absolute atomic E-state index is 11.6. The number of carboxylic acid groups (broad SMARTS) is 1. The largest absolute Gasteiger partial charge is 0.481 e. The van der Waals surface area contributed by atoms with Crippen molar-refractivity contribution in [2.24, 2.45) is 17.3 Å². The van der Waals surface area contributed by atoms with E-state index in [-0.39, 0.29) is 17.8 Å². The van der Waals surface area contributed by atoms with Gasteiger partial charge in [-0.15, -0.1) is 0 Å². The van der Waals surface area contributed by atoms with E-state index in [1.807, 2.05) is 0 Å². The molecule has 0 saturated heterocycles. The lowest BCUT2D eigenvalue weighted by Gasteiger charge is -2.60. The van der Waals surface area contributed by atoms with E-state index in [2.05, 4.69) is 6.58 Å². The SMILES string of the molecule is C=CC(=O)OC12CC3CC(CC(CC(=O)O)(C3)C1)C2. The number of esters is 1. The average molecular weight is 264 g/mol. The van der Waals surface area contributed by atoms with Gasteiger partial charge in [-0.05, 0) is 55.8 Å². The molecule has 4 aliphatic carbocycles. The average Bonchev–Trinajstić information content (AvgIpc) is 2.24. The van der Waals surface area contributed by atoms with Crippen LogP contribution in [0.4, 0.5) is 0 Å². The van der Waals surface area contributed by atoms with Crippen molar-refractivity contribution in [3.05, 3.63) is 12.7 Å². The third-order valence-electron chi connectivity index (χ3n) is 5.14. The Hall–Kier alpha value is -1.32. The molecule has 19 heavy (non-hydrogen) atoms. The Morgan fingerprint density at radius 3 is 2.42 bits per heavy atom. The van der Waals surface area contributed by atoms with Crippen LogP contribution in [0.3, 0.4) is 0 Å². The summed E-state index contributed by atoms with van der Waals surface area (Å²) >= 11 is 0. The Bertz CT molecular complexity index is 425. The normalized spacial score (nSPS) is 42.9. The second kappa shape index (κ2) is 4.09. The molecule has 104 valence electrons. The van der Waals surface area contributed by atoms with Crippen LogP contribution in [-0.2, 0) is 14.3 Å². The molecule has 2 unspecified atom stereocenters. The minimum absolute atomic E-state index is 0.142. The van der Waals surface area contributed by atoms with Gasteiger partial charge in [0.15, 0.2) is 0 Å². The van der Waals surface area contributed by atoms with Gasteiger partial charge < -0.3 is 9.84 Å². The molecule has 0 heterocycles. The summed E-state index contributed by atoms with van der Waals surface area (Å²) in [6.45, 7) is 3.46. The number of hydrogen-bond acceptors (Lipinski definition) is 3. The first kappa shape index (κ1) is 12.7. The molecule has 4 nitrogen and oxygen atoms in total. The quantitative estimate of drug-likeness (QED) is 0.626. The van der Waals surface area contributed by atoms with Crippen LogP contribution in [0.2, 0.25) is 0 Å². The molecule has 0 aromatic heterocycles. The number of carboxylic acids is 1. The van der Waals surface area contributed by atoms with Crippen molar-refractivity contribution in [3.8, 4) is 0 Å². The van der Waals surface area contributed by atoms with Crippen molar-refractivity contribution < 1.29 is 19.4 Å². The molecule has 0 aromatic carbocycles. The Morgan fingerprint density at radius 2 is 1.89 bits per heavy atom. The van der Waals surface area contributed by atoms with Crippen molar-refractivity contribution >= 4 is 11.9 Å². The third kappa shape index (κ3) is 2.17. The minimum Gasteiger partial charge on any atom is -0.481 e. The molecule has 2 atom stereocenters. The van der Waals surface area contributed by atoms with Gasteiger partial charge in [0.1, 0.15) is 5.60 Å². The lowest BCUT2D eigenvalue weighted by atomic mass is 9.47. The maximum atomic E-state index is 11.6. The van der Waals surface area contributed by atoms with Gasteiger partial charge in [-0.1, -0.05) is 6.58 Å². The van der Waals surface area contributed by atoms with Crippen molar-refractivity contribution in [3.63, 3.8) is 0 Å². The molecule has 0 radical (unpaired) electrons. The third-order valence-corrected chi connectivity index (χ3v) is 5.14. The summed E-state index contributed by atoms with van der Waals surface area (Å²) in [6.07, 6.45) is 7.12. The number of hydrogen-bond donors (Lipinski definition) is 1. The molecule has 0 aromatic rings. The van der Waals surface area contributed by atoms with Crippen LogP contribution < -0.4 is 0 Å². The smallest absolute Gasteiger partial charge is 0.330 e. The molecule has 4 bridgehead atoms. The number of carbonyl (C=O) groups excluding carboxylic acids is 1. The fourth-order valence-electron chi connectivity index (χ4n) is 5.27.